The Morgan fingerprint density at radius 3 is 2.48 bits per heavy atom. The highest BCUT2D eigenvalue weighted by molar-refractivity contribution is 5.82. The van der Waals surface area contributed by atoms with Crippen molar-refractivity contribution >= 4 is 17.1 Å². The SMILES string of the molecule is Cc1cc2nc3c(=O)[nH]c(=O)nc-3n(CCN(Cc3ccccc3C(F)(F)F)C(=O)OC(C)(C)C)c2cc1OC1CCCC1. The Morgan fingerprint density at radius 2 is 1.80 bits per heavy atom. The second kappa shape index (κ2) is 11.9. The molecular formula is C31H34F3N5O5. The van der Waals surface area contributed by atoms with Crippen LogP contribution >= 0.6 is 0 Å². The van der Waals surface area contributed by atoms with Gasteiger partial charge in [0, 0.05) is 25.7 Å². The van der Waals surface area contributed by atoms with Gasteiger partial charge in [0.2, 0.25) is 0 Å². The van der Waals surface area contributed by atoms with E-state index in [0.29, 0.717) is 16.8 Å². The second-order valence-corrected chi connectivity index (χ2v) is 12.0. The third-order valence-electron chi connectivity index (χ3n) is 7.43. The van der Waals surface area contributed by atoms with Gasteiger partial charge in [0.05, 0.1) is 22.7 Å². The molecule has 0 unspecified atom stereocenters. The number of hydrogen-bond donors (Lipinski definition) is 1. The molecule has 13 heteroatoms. The molecule has 0 radical (unpaired) electrons. The number of amides is 1. The number of H-pyrrole nitrogens is 1. The first-order chi connectivity index (χ1) is 20.7. The van der Waals surface area contributed by atoms with Gasteiger partial charge in [-0.3, -0.25) is 9.78 Å². The zero-order valence-electron chi connectivity index (χ0n) is 25.0. The summed E-state index contributed by atoms with van der Waals surface area (Å²) in [4.78, 5) is 50.2. The monoisotopic (exact) mass is 613 g/mol. The minimum Gasteiger partial charge on any atom is -0.490 e. The summed E-state index contributed by atoms with van der Waals surface area (Å²) in [5.41, 5.74) is -1.90. The van der Waals surface area contributed by atoms with Crippen LogP contribution in [0, 0.1) is 6.92 Å². The first kappa shape index (κ1) is 31.0. The number of nitrogens with one attached hydrogen (secondary N) is 1. The van der Waals surface area contributed by atoms with Gasteiger partial charge in [0.25, 0.3) is 5.56 Å². The molecule has 0 atom stereocenters. The van der Waals surface area contributed by atoms with Crippen molar-refractivity contribution in [2.24, 2.45) is 0 Å². The van der Waals surface area contributed by atoms with Crippen LogP contribution in [0.25, 0.3) is 22.6 Å². The molecule has 0 bridgehead atoms. The quantitative estimate of drug-likeness (QED) is 0.267. The molecule has 1 N–H and O–H groups in total. The highest BCUT2D eigenvalue weighted by Crippen LogP contribution is 2.34. The van der Waals surface area contributed by atoms with Crippen molar-refractivity contribution in [3.8, 4) is 17.3 Å². The van der Waals surface area contributed by atoms with E-state index in [-0.39, 0.29) is 36.3 Å². The molecule has 44 heavy (non-hydrogen) atoms. The van der Waals surface area contributed by atoms with Crippen LogP contribution in [0.4, 0.5) is 18.0 Å². The molecule has 2 aliphatic heterocycles. The Bertz CT molecular complexity index is 1770. The molecule has 3 aliphatic rings. The number of aryl methyl sites for hydroxylation is 1. The summed E-state index contributed by atoms with van der Waals surface area (Å²) >= 11 is 0. The highest BCUT2D eigenvalue weighted by Gasteiger charge is 2.34. The zero-order valence-corrected chi connectivity index (χ0v) is 25.0. The smallest absolute Gasteiger partial charge is 0.416 e. The lowest BCUT2D eigenvalue weighted by atomic mass is 10.1. The summed E-state index contributed by atoms with van der Waals surface area (Å²) in [6.07, 6.45) is -1.41. The van der Waals surface area contributed by atoms with Crippen molar-refractivity contribution < 1.29 is 27.4 Å². The number of carbonyl (C=O) groups excluding carboxylic acids is 1. The number of ether oxygens (including phenoxy) is 2. The van der Waals surface area contributed by atoms with Crippen molar-refractivity contribution in [3.05, 3.63) is 73.9 Å². The van der Waals surface area contributed by atoms with Crippen molar-refractivity contribution in [2.45, 2.75) is 84.3 Å². The van der Waals surface area contributed by atoms with Crippen molar-refractivity contribution in [1.82, 2.24) is 24.4 Å². The number of halogens is 3. The number of aromatic amines is 1. The summed E-state index contributed by atoms with van der Waals surface area (Å²) in [6, 6.07) is 8.56. The predicted molar refractivity (Wildman–Crippen MR) is 157 cm³/mol. The van der Waals surface area contributed by atoms with Crippen LogP contribution in [-0.4, -0.2) is 48.8 Å². The van der Waals surface area contributed by atoms with Gasteiger partial charge in [-0.15, -0.1) is 0 Å². The van der Waals surface area contributed by atoms with Gasteiger partial charge in [-0.05, 0) is 76.6 Å². The molecule has 1 saturated carbocycles. The largest absolute Gasteiger partial charge is 0.490 e. The van der Waals surface area contributed by atoms with E-state index in [2.05, 4.69) is 15.0 Å². The number of aromatic nitrogens is 4. The van der Waals surface area contributed by atoms with Crippen LogP contribution in [-0.2, 0) is 24.0 Å². The van der Waals surface area contributed by atoms with E-state index in [9.17, 15) is 27.6 Å². The highest BCUT2D eigenvalue weighted by atomic mass is 19.4. The van der Waals surface area contributed by atoms with Crippen molar-refractivity contribution in [3.63, 3.8) is 0 Å². The predicted octanol–water partition coefficient (Wildman–Crippen LogP) is 5.67. The van der Waals surface area contributed by atoms with E-state index in [1.807, 2.05) is 6.92 Å². The van der Waals surface area contributed by atoms with Gasteiger partial charge in [0.1, 0.15) is 11.4 Å². The van der Waals surface area contributed by atoms with E-state index >= 15 is 0 Å². The molecule has 2 aromatic carbocycles. The normalized spacial score (nSPS) is 14.3. The van der Waals surface area contributed by atoms with Crippen LogP contribution in [0.3, 0.4) is 0 Å². The number of hydrogen-bond acceptors (Lipinski definition) is 7. The minimum absolute atomic E-state index is 0.0262. The average Bonchev–Trinajstić information content (AvgIpc) is 3.43. The minimum atomic E-state index is -4.63. The standard InChI is InChI=1S/C31H34F3N5O5/c1-18-15-22-23(16-24(18)43-20-10-6-7-11-20)39(26-25(35-22)27(40)37-28(41)36-26)14-13-38(29(42)44-30(2,3)4)17-19-9-5-8-12-21(19)31(32,33)34/h5,8-9,12,15-16,20H,6-7,10-11,13-14,17H2,1-4H3,(H,37,40,41). The van der Waals surface area contributed by atoms with Gasteiger partial charge in [0.15, 0.2) is 11.5 Å². The summed E-state index contributed by atoms with van der Waals surface area (Å²) in [7, 11) is 0. The van der Waals surface area contributed by atoms with Crippen molar-refractivity contribution in [2.75, 3.05) is 6.54 Å². The van der Waals surface area contributed by atoms with E-state index in [1.54, 1.807) is 37.5 Å². The van der Waals surface area contributed by atoms with E-state index < -0.39 is 41.2 Å². The van der Waals surface area contributed by atoms with Gasteiger partial charge in [-0.25, -0.2) is 14.6 Å². The number of alkyl halides is 3. The first-order valence-electron chi connectivity index (χ1n) is 14.4. The third-order valence-corrected chi connectivity index (χ3v) is 7.43. The molecule has 1 amide bonds. The average molecular weight is 614 g/mol. The molecule has 234 valence electrons. The summed E-state index contributed by atoms with van der Waals surface area (Å²) in [5, 5.41) is 0. The topological polar surface area (TPSA) is 119 Å². The number of benzene rings is 2. The molecule has 1 aliphatic carbocycles. The Labute approximate surface area is 251 Å². The lowest BCUT2D eigenvalue weighted by molar-refractivity contribution is -0.138. The fourth-order valence-corrected chi connectivity index (χ4v) is 5.39. The fourth-order valence-electron chi connectivity index (χ4n) is 5.39. The molecule has 1 fully saturated rings. The zero-order chi connectivity index (χ0) is 31.8. The van der Waals surface area contributed by atoms with Gasteiger partial charge in [-0.2, -0.15) is 18.2 Å². The van der Waals surface area contributed by atoms with Crippen LogP contribution in [0.2, 0.25) is 0 Å². The Kier molecular flexibility index (Phi) is 8.41. The number of fused-ring (bicyclic) bond motifs is 2. The van der Waals surface area contributed by atoms with Crippen molar-refractivity contribution in [1.29, 1.82) is 0 Å². The Morgan fingerprint density at radius 1 is 1.09 bits per heavy atom. The Hall–Kier alpha value is -4.42. The number of nitrogens with zero attached hydrogens (tertiary/aromatic N) is 4. The Balaban J connectivity index is 1.59. The second-order valence-electron chi connectivity index (χ2n) is 12.0. The molecule has 2 heterocycles. The number of rotatable bonds is 7. The lowest BCUT2D eigenvalue weighted by Gasteiger charge is -2.29. The molecule has 0 spiro atoms. The summed E-state index contributed by atoms with van der Waals surface area (Å²) < 4.78 is 54.9. The van der Waals surface area contributed by atoms with Gasteiger partial charge >= 0.3 is 18.0 Å². The van der Waals surface area contributed by atoms with Crippen LogP contribution in [0.5, 0.6) is 5.75 Å². The molecule has 10 nitrogen and oxygen atoms in total. The molecule has 0 aromatic heterocycles. The van der Waals surface area contributed by atoms with Gasteiger partial charge in [-0.1, -0.05) is 18.2 Å². The van der Waals surface area contributed by atoms with E-state index in [1.165, 1.54) is 18.2 Å². The first-order valence-corrected chi connectivity index (χ1v) is 14.4. The van der Waals surface area contributed by atoms with E-state index in [0.717, 1.165) is 42.2 Å². The molecular weight excluding hydrogens is 579 g/mol. The molecule has 2 aromatic rings. The summed E-state index contributed by atoms with van der Waals surface area (Å²) in [6.45, 7) is 6.25. The van der Waals surface area contributed by atoms with Crippen LogP contribution < -0.4 is 16.0 Å². The maximum absolute atomic E-state index is 13.8. The van der Waals surface area contributed by atoms with Crippen LogP contribution in [0.15, 0.2) is 46.0 Å². The maximum Gasteiger partial charge on any atom is 0.416 e. The third kappa shape index (κ3) is 6.87. The lowest BCUT2D eigenvalue weighted by Crippen LogP contribution is -2.39. The maximum atomic E-state index is 13.8. The number of carbonyl (C=O) groups is 1. The molecule has 5 rings (SSSR count). The molecule has 0 saturated heterocycles. The van der Waals surface area contributed by atoms with E-state index in [4.69, 9.17) is 9.47 Å². The summed E-state index contributed by atoms with van der Waals surface area (Å²) in [5.74, 6) is 0.580. The van der Waals surface area contributed by atoms with Gasteiger partial charge < -0.3 is 18.9 Å². The van der Waals surface area contributed by atoms with Crippen LogP contribution in [0.1, 0.15) is 63.1 Å². The fraction of sp³-hybridized carbons (Fsp3) is 0.452.